The molecular weight excluding hydrogens is 389 g/mol. The third-order valence-electron chi connectivity index (χ3n) is 3.54. The number of hydrogen-bond donors (Lipinski definition) is 1. The molecule has 0 aliphatic carbocycles. The molecule has 26 heavy (non-hydrogen) atoms. The molecular formula is C17H18ClF3N2O2S. The second-order valence-electron chi connectivity index (χ2n) is 6.02. The summed E-state index contributed by atoms with van der Waals surface area (Å²) in [6.07, 6.45) is -4.73. The maximum atomic E-state index is 12.9. The Morgan fingerprint density at radius 3 is 2.15 bits per heavy atom. The van der Waals surface area contributed by atoms with E-state index in [2.05, 4.69) is 4.72 Å². The Balaban J connectivity index is 2.14. The van der Waals surface area contributed by atoms with E-state index in [4.69, 9.17) is 11.6 Å². The Morgan fingerprint density at radius 2 is 1.62 bits per heavy atom. The van der Waals surface area contributed by atoms with Crippen LogP contribution in [0, 0.1) is 0 Å². The number of hydrogen-bond acceptors (Lipinski definition) is 3. The van der Waals surface area contributed by atoms with Gasteiger partial charge in [0.25, 0.3) is 0 Å². The predicted octanol–water partition coefficient (Wildman–Crippen LogP) is 3.90. The van der Waals surface area contributed by atoms with Crippen molar-refractivity contribution in [1.29, 1.82) is 0 Å². The summed E-state index contributed by atoms with van der Waals surface area (Å²) in [7, 11) is -0.236. The van der Waals surface area contributed by atoms with Crippen molar-refractivity contribution in [1.82, 2.24) is 9.62 Å². The van der Waals surface area contributed by atoms with E-state index in [1.807, 2.05) is 31.1 Å². The predicted molar refractivity (Wildman–Crippen MR) is 94.3 cm³/mol. The van der Waals surface area contributed by atoms with Gasteiger partial charge in [-0.1, -0.05) is 35.9 Å². The van der Waals surface area contributed by atoms with Crippen LogP contribution in [-0.2, 0) is 29.3 Å². The fourth-order valence-electron chi connectivity index (χ4n) is 2.28. The molecule has 0 spiro atoms. The molecule has 0 amide bonds. The molecule has 0 saturated heterocycles. The summed E-state index contributed by atoms with van der Waals surface area (Å²) in [4.78, 5) is 1.51. The zero-order chi connectivity index (χ0) is 19.5. The van der Waals surface area contributed by atoms with Gasteiger partial charge < -0.3 is 4.90 Å². The van der Waals surface area contributed by atoms with Crippen LogP contribution in [0.2, 0.25) is 5.02 Å². The molecule has 2 rings (SSSR count). The van der Waals surface area contributed by atoms with Crippen LogP contribution in [0.3, 0.4) is 0 Å². The van der Waals surface area contributed by atoms with E-state index in [0.717, 1.165) is 24.2 Å². The highest BCUT2D eigenvalue weighted by molar-refractivity contribution is 7.89. The van der Waals surface area contributed by atoms with Crippen LogP contribution in [0.4, 0.5) is 13.2 Å². The van der Waals surface area contributed by atoms with Gasteiger partial charge >= 0.3 is 6.18 Å². The summed E-state index contributed by atoms with van der Waals surface area (Å²) in [6.45, 7) is 0.714. The summed E-state index contributed by atoms with van der Waals surface area (Å²) < 4.78 is 65.5. The highest BCUT2D eigenvalue weighted by Gasteiger charge is 2.34. The van der Waals surface area contributed by atoms with E-state index >= 15 is 0 Å². The number of halogens is 4. The summed E-state index contributed by atoms with van der Waals surface area (Å²) in [5.41, 5.74) is 0.574. The molecule has 0 fully saturated rings. The van der Waals surface area contributed by atoms with Gasteiger partial charge in [-0.2, -0.15) is 13.2 Å². The van der Waals surface area contributed by atoms with Gasteiger partial charge in [0.1, 0.15) is 0 Å². The van der Waals surface area contributed by atoms with E-state index in [1.54, 1.807) is 12.1 Å². The van der Waals surface area contributed by atoms with Crippen molar-refractivity contribution in [2.24, 2.45) is 0 Å². The molecule has 4 nitrogen and oxygen atoms in total. The van der Waals surface area contributed by atoms with Gasteiger partial charge in [0.05, 0.1) is 15.5 Å². The van der Waals surface area contributed by atoms with Gasteiger partial charge in [-0.15, -0.1) is 0 Å². The molecule has 2 aromatic rings. The molecule has 0 bridgehead atoms. The van der Waals surface area contributed by atoms with Crippen molar-refractivity contribution in [3.05, 3.63) is 64.2 Å². The molecule has 9 heteroatoms. The van der Waals surface area contributed by atoms with Gasteiger partial charge in [0, 0.05) is 13.1 Å². The monoisotopic (exact) mass is 406 g/mol. The Kier molecular flexibility index (Phi) is 6.33. The van der Waals surface area contributed by atoms with E-state index in [1.165, 1.54) is 0 Å². The molecule has 0 saturated carbocycles. The Hall–Kier alpha value is -1.61. The van der Waals surface area contributed by atoms with E-state index in [9.17, 15) is 21.6 Å². The zero-order valence-electron chi connectivity index (χ0n) is 14.1. The molecule has 0 aromatic heterocycles. The smallest absolute Gasteiger partial charge is 0.305 e. The van der Waals surface area contributed by atoms with E-state index in [-0.39, 0.29) is 6.54 Å². The third-order valence-corrected chi connectivity index (χ3v) is 5.27. The first-order valence-electron chi connectivity index (χ1n) is 7.58. The first-order valence-corrected chi connectivity index (χ1v) is 9.44. The average Bonchev–Trinajstić information content (AvgIpc) is 2.53. The van der Waals surface area contributed by atoms with Gasteiger partial charge in [0.2, 0.25) is 10.0 Å². The van der Waals surface area contributed by atoms with Crippen LogP contribution < -0.4 is 4.72 Å². The quantitative estimate of drug-likeness (QED) is 0.791. The van der Waals surface area contributed by atoms with Crippen LogP contribution in [0.5, 0.6) is 0 Å². The Labute approximate surface area is 155 Å². The lowest BCUT2D eigenvalue weighted by Crippen LogP contribution is -2.23. The van der Waals surface area contributed by atoms with Crippen LogP contribution in [0.1, 0.15) is 16.7 Å². The Morgan fingerprint density at radius 1 is 1.04 bits per heavy atom. The molecule has 0 radical (unpaired) electrons. The summed E-state index contributed by atoms with van der Waals surface area (Å²) in [5.74, 6) is 0. The topological polar surface area (TPSA) is 49.4 Å². The third kappa shape index (κ3) is 5.44. The molecule has 2 aromatic carbocycles. The minimum atomic E-state index is -4.73. The van der Waals surface area contributed by atoms with E-state index < -0.39 is 31.7 Å². The maximum absolute atomic E-state index is 12.9. The fourth-order valence-corrected chi connectivity index (χ4v) is 3.55. The van der Waals surface area contributed by atoms with Crippen LogP contribution in [0.15, 0.2) is 47.4 Å². The lowest BCUT2D eigenvalue weighted by Gasteiger charge is -2.12. The second-order valence-corrected chi connectivity index (χ2v) is 8.19. The summed E-state index contributed by atoms with van der Waals surface area (Å²) >= 11 is 5.52. The number of benzene rings is 2. The average molecular weight is 407 g/mol. The second kappa shape index (κ2) is 7.96. The zero-order valence-corrected chi connectivity index (χ0v) is 15.7. The molecule has 142 valence electrons. The number of nitrogens with one attached hydrogen (secondary N) is 1. The standard InChI is InChI=1S/C17H18ClF3N2O2S/c1-23(2)11-13-5-3-12(4-6-13)10-22-26(24,25)14-7-8-16(18)15(9-14)17(19,20)21/h3-9,22H,10-11H2,1-2H3. The SMILES string of the molecule is CN(C)Cc1ccc(CNS(=O)(=O)c2ccc(Cl)c(C(F)(F)F)c2)cc1. The molecule has 0 aliphatic heterocycles. The minimum Gasteiger partial charge on any atom is -0.305 e. The van der Waals surface area contributed by atoms with Gasteiger partial charge in [-0.05, 0) is 43.4 Å². The molecule has 0 unspecified atom stereocenters. The molecule has 0 heterocycles. The summed E-state index contributed by atoms with van der Waals surface area (Å²) in [6, 6.07) is 9.77. The van der Waals surface area contributed by atoms with Crippen molar-refractivity contribution in [3.63, 3.8) is 0 Å². The van der Waals surface area contributed by atoms with Crippen LogP contribution >= 0.6 is 11.6 Å². The van der Waals surface area contributed by atoms with Gasteiger partial charge in [-0.3, -0.25) is 0 Å². The Bertz CT molecular complexity index is 867. The van der Waals surface area contributed by atoms with E-state index in [0.29, 0.717) is 11.6 Å². The van der Waals surface area contributed by atoms with Crippen molar-refractivity contribution >= 4 is 21.6 Å². The lowest BCUT2D eigenvalue weighted by atomic mass is 10.1. The normalized spacial score (nSPS) is 12.6. The number of rotatable bonds is 6. The first kappa shape index (κ1) is 20.7. The summed E-state index contributed by atoms with van der Waals surface area (Å²) in [5, 5.41) is -0.548. The van der Waals surface area contributed by atoms with Crippen LogP contribution in [0.25, 0.3) is 0 Å². The van der Waals surface area contributed by atoms with Crippen molar-refractivity contribution in [2.75, 3.05) is 14.1 Å². The molecule has 0 aliphatic rings. The molecule has 0 atom stereocenters. The number of sulfonamides is 1. The van der Waals surface area contributed by atoms with Crippen molar-refractivity contribution in [3.8, 4) is 0 Å². The minimum absolute atomic E-state index is 0.0332. The number of nitrogens with zero attached hydrogens (tertiary/aromatic N) is 1. The largest absolute Gasteiger partial charge is 0.417 e. The molecule has 1 N–H and O–H groups in total. The highest BCUT2D eigenvalue weighted by Crippen LogP contribution is 2.35. The number of alkyl halides is 3. The van der Waals surface area contributed by atoms with Crippen molar-refractivity contribution in [2.45, 2.75) is 24.2 Å². The fraction of sp³-hybridized carbons (Fsp3) is 0.294. The van der Waals surface area contributed by atoms with Gasteiger partial charge in [0.15, 0.2) is 0 Å². The van der Waals surface area contributed by atoms with Crippen molar-refractivity contribution < 1.29 is 21.6 Å². The lowest BCUT2D eigenvalue weighted by molar-refractivity contribution is -0.137. The van der Waals surface area contributed by atoms with Gasteiger partial charge in [-0.25, -0.2) is 13.1 Å². The first-order chi connectivity index (χ1) is 12.0. The highest BCUT2D eigenvalue weighted by atomic mass is 35.5. The maximum Gasteiger partial charge on any atom is 0.417 e. The van der Waals surface area contributed by atoms with Crippen LogP contribution in [-0.4, -0.2) is 27.4 Å².